The molecule has 0 saturated carbocycles. The van der Waals surface area contributed by atoms with Crippen molar-refractivity contribution in [2.24, 2.45) is 0 Å². The second-order valence-electron chi connectivity index (χ2n) is 4.20. The van der Waals surface area contributed by atoms with E-state index in [2.05, 4.69) is 47.0 Å². The summed E-state index contributed by atoms with van der Waals surface area (Å²) in [6.45, 7) is 0. The van der Waals surface area contributed by atoms with E-state index in [1.54, 1.807) is 0 Å². The highest BCUT2D eigenvalue weighted by atomic mass is 15.0. The van der Waals surface area contributed by atoms with Gasteiger partial charge in [-0.15, -0.1) is 0 Å². The zero-order valence-corrected chi connectivity index (χ0v) is 9.17. The van der Waals surface area contributed by atoms with Gasteiger partial charge in [-0.3, -0.25) is 4.40 Å². The number of hydrogen-bond donors (Lipinski definition) is 0. The standard InChI is InChI=1S/C15H10N2/c1-2-6-12-11(5-1)8-9-13-15(12)16-14-7-3-4-10-17(13)14/h1-10H. The maximum absolute atomic E-state index is 4.71. The third-order valence-corrected chi connectivity index (χ3v) is 3.20. The van der Waals surface area contributed by atoms with Gasteiger partial charge in [-0.2, -0.15) is 0 Å². The van der Waals surface area contributed by atoms with Crippen molar-refractivity contribution in [2.45, 2.75) is 0 Å². The SMILES string of the molecule is c1ccc2c(c1)ccc1c2nc2ccccn21. The highest BCUT2D eigenvalue weighted by molar-refractivity contribution is 6.05. The second kappa shape index (κ2) is 3.08. The number of nitrogens with zero attached hydrogens (tertiary/aromatic N) is 2. The lowest BCUT2D eigenvalue weighted by molar-refractivity contribution is 1.23. The molecule has 0 atom stereocenters. The summed E-state index contributed by atoms with van der Waals surface area (Å²) >= 11 is 0. The Balaban J connectivity index is 2.34. The molecule has 2 heteroatoms. The maximum Gasteiger partial charge on any atom is 0.137 e. The molecule has 2 heterocycles. The fraction of sp³-hybridized carbons (Fsp3) is 0. The number of aromatic nitrogens is 2. The first-order valence-electron chi connectivity index (χ1n) is 5.68. The molecular formula is C15H10N2. The summed E-state index contributed by atoms with van der Waals surface area (Å²) < 4.78 is 2.13. The summed E-state index contributed by atoms with van der Waals surface area (Å²) in [5, 5.41) is 2.46. The molecule has 0 radical (unpaired) electrons. The van der Waals surface area contributed by atoms with E-state index in [1.807, 2.05) is 18.2 Å². The molecule has 0 amide bonds. The molecule has 0 bridgehead atoms. The zero-order chi connectivity index (χ0) is 11.2. The van der Waals surface area contributed by atoms with Crippen molar-refractivity contribution >= 4 is 27.5 Å². The molecule has 0 saturated heterocycles. The average Bonchev–Trinajstić information content (AvgIpc) is 2.78. The summed E-state index contributed by atoms with van der Waals surface area (Å²) in [5.41, 5.74) is 3.24. The summed E-state index contributed by atoms with van der Waals surface area (Å²) in [6, 6.07) is 18.7. The molecule has 0 spiro atoms. The van der Waals surface area contributed by atoms with E-state index in [-0.39, 0.29) is 0 Å². The second-order valence-corrected chi connectivity index (χ2v) is 4.20. The summed E-state index contributed by atoms with van der Waals surface area (Å²) in [6.07, 6.45) is 2.06. The quantitative estimate of drug-likeness (QED) is 0.440. The Bertz CT molecular complexity index is 843. The first kappa shape index (κ1) is 8.76. The Kier molecular flexibility index (Phi) is 1.59. The molecule has 0 fully saturated rings. The number of rotatable bonds is 0. The number of benzene rings is 2. The predicted octanol–water partition coefficient (Wildman–Crippen LogP) is 3.64. The minimum absolute atomic E-state index is 0.999. The van der Waals surface area contributed by atoms with E-state index < -0.39 is 0 Å². The van der Waals surface area contributed by atoms with Gasteiger partial charge in [0.05, 0.1) is 11.0 Å². The molecule has 0 aliphatic carbocycles. The van der Waals surface area contributed by atoms with Crippen LogP contribution in [0.5, 0.6) is 0 Å². The van der Waals surface area contributed by atoms with Gasteiger partial charge in [-0.25, -0.2) is 4.98 Å². The maximum atomic E-state index is 4.71. The molecule has 0 N–H and O–H groups in total. The van der Waals surface area contributed by atoms with Crippen molar-refractivity contribution in [1.82, 2.24) is 9.38 Å². The summed E-state index contributed by atoms with van der Waals surface area (Å²) in [5.74, 6) is 0. The van der Waals surface area contributed by atoms with Crippen LogP contribution in [0.25, 0.3) is 27.5 Å². The van der Waals surface area contributed by atoms with Crippen LogP contribution >= 0.6 is 0 Å². The first-order valence-corrected chi connectivity index (χ1v) is 5.68. The molecule has 4 rings (SSSR count). The van der Waals surface area contributed by atoms with Crippen LogP contribution in [0.1, 0.15) is 0 Å². The molecule has 2 aromatic carbocycles. The van der Waals surface area contributed by atoms with Crippen molar-refractivity contribution in [2.75, 3.05) is 0 Å². The van der Waals surface area contributed by atoms with E-state index >= 15 is 0 Å². The van der Waals surface area contributed by atoms with E-state index in [1.165, 1.54) is 16.3 Å². The van der Waals surface area contributed by atoms with Gasteiger partial charge in [-0.1, -0.05) is 36.4 Å². The van der Waals surface area contributed by atoms with Crippen LogP contribution in [0.3, 0.4) is 0 Å². The smallest absolute Gasteiger partial charge is 0.137 e. The van der Waals surface area contributed by atoms with Crippen LogP contribution in [-0.4, -0.2) is 9.38 Å². The number of hydrogen-bond acceptors (Lipinski definition) is 1. The van der Waals surface area contributed by atoms with Gasteiger partial charge in [0.1, 0.15) is 5.65 Å². The van der Waals surface area contributed by atoms with Gasteiger partial charge < -0.3 is 0 Å². The third-order valence-electron chi connectivity index (χ3n) is 3.20. The van der Waals surface area contributed by atoms with Gasteiger partial charge in [0.2, 0.25) is 0 Å². The highest BCUT2D eigenvalue weighted by Gasteiger charge is 2.06. The van der Waals surface area contributed by atoms with Crippen molar-refractivity contribution in [3.05, 3.63) is 60.8 Å². The number of pyridine rings is 1. The Labute approximate surface area is 98.1 Å². The highest BCUT2D eigenvalue weighted by Crippen LogP contribution is 2.25. The molecule has 2 nitrogen and oxygen atoms in total. The van der Waals surface area contributed by atoms with Crippen LogP contribution in [0.15, 0.2) is 60.8 Å². The van der Waals surface area contributed by atoms with Crippen molar-refractivity contribution < 1.29 is 0 Å². The Morgan fingerprint density at radius 3 is 2.71 bits per heavy atom. The fourth-order valence-corrected chi connectivity index (χ4v) is 2.40. The average molecular weight is 218 g/mol. The van der Waals surface area contributed by atoms with Crippen LogP contribution in [-0.2, 0) is 0 Å². The van der Waals surface area contributed by atoms with Crippen LogP contribution in [0.2, 0.25) is 0 Å². The Morgan fingerprint density at radius 1 is 0.824 bits per heavy atom. The van der Waals surface area contributed by atoms with Crippen LogP contribution in [0.4, 0.5) is 0 Å². The molecule has 0 aliphatic heterocycles. The van der Waals surface area contributed by atoms with E-state index in [9.17, 15) is 0 Å². The lowest BCUT2D eigenvalue weighted by Gasteiger charge is -1.98. The zero-order valence-electron chi connectivity index (χ0n) is 9.17. The molecule has 4 aromatic rings. The predicted molar refractivity (Wildman–Crippen MR) is 70.2 cm³/mol. The monoisotopic (exact) mass is 218 g/mol. The Morgan fingerprint density at radius 2 is 1.71 bits per heavy atom. The lowest BCUT2D eigenvalue weighted by Crippen LogP contribution is -1.81. The fourth-order valence-electron chi connectivity index (χ4n) is 2.40. The van der Waals surface area contributed by atoms with E-state index in [0.29, 0.717) is 0 Å². The number of fused-ring (bicyclic) bond motifs is 5. The molecule has 0 unspecified atom stereocenters. The first-order chi connectivity index (χ1) is 8.43. The van der Waals surface area contributed by atoms with Crippen LogP contribution in [0, 0.1) is 0 Å². The van der Waals surface area contributed by atoms with E-state index in [0.717, 1.165) is 11.2 Å². The number of imidazole rings is 1. The van der Waals surface area contributed by atoms with Crippen LogP contribution < -0.4 is 0 Å². The summed E-state index contributed by atoms with van der Waals surface area (Å²) in [4.78, 5) is 4.71. The largest absolute Gasteiger partial charge is 0.300 e. The van der Waals surface area contributed by atoms with Crippen molar-refractivity contribution in [3.8, 4) is 0 Å². The van der Waals surface area contributed by atoms with Gasteiger partial charge in [0.25, 0.3) is 0 Å². The van der Waals surface area contributed by atoms with Gasteiger partial charge >= 0.3 is 0 Å². The van der Waals surface area contributed by atoms with Crippen molar-refractivity contribution in [1.29, 1.82) is 0 Å². The summed E-state index contributed by atoms with van der Waals surface area (Å²) in [7, 11) is 0. The lowest BCUT2D eigenvalue weighted by atomic mass is 10.1. The molecule has 2 aromatic heterocycles. The molecule has 17 heavy (non-hydrogen) atoms. The minimum Gasteiger partial charge on any atom is -0.300 e. The minimum atomic E-state index is 0.999. The third kappa shape index (κ3) is 1.12. The van der Waals surface area contributed by atoms with E-state index in [4.69, 9.17) is 4.98 Å². The Hall–Kier alpha value is -2.35. The normalized spacial score (nSPS) is 11.5. The van der Waals surface area contributed by atoms with Crippen molar-refractivity contribution in [3.63, 3.8) is 0 Å². The van der Waals surface area contributed by atoms with Gasteiger partial charge in [0, 0.05) is 11.6 Å². The molecule has 80 valence electrons. The van der Waals surface area contributed by atoms with Gasteiger partial charge in [-0.05, 0) is 23.6 Å². The molecular weight excluding hydrogens is 208 g/mol. The topological polar surface area (TPSA) is 17.3 Å². The molecule has 0 aliphatic rings. The van der Waals surface area contributed by atoms with Gasteiger partial charge in [0.15, 0.2) is 0 Å².